The number of hydrogen-bond donors (Lipinski definition) is 2. The highest BCUT2D eigenvalue weighted by Gasteiger charge is 2.22. The van der Waals surface area contributed by atoms with Crippen molar-refractivity contribution in [2.45, 2.75) is 51.4 Å². The third-order valence-corrected chi connectivity index (χ3v) is 4.60. The van der Waals surface area contributed by atoms with E-state index in [9.17, 15) is 20.0 Å². The van der Waals surface area contributed by atoms with E-state index < -0.39 is 23.2 Å². The van der Waals surface area contributed by atoms with E-state index in [1.807, 2.05) is 36.4 Å². The summed E-state index contributed by atoms with van der Waals surface area (Å²) in [6, 6.07) is 14.2. The van der Waals surface area contributed by atoms with Crippen molar-refractivity contribution in [2.75, 3.05) is 0 Å². The molecule has 2 aromatic rings. The van der Waals surface area contributed by atoms with Crippen molar-refractivity contribution in [3.63, 3.8) is 0 Å². The zero-order valence-corrected chi connectivity index (χ0v) is 17.1. The Morgan fingerprint density at radius 2 is 1.87 bits per heavy atom. The average Bonchev–Trinajstić information content (AvgIpc) is 2.77. The first kappa shape index (κ1) is 23.1. The number of nitrogens with one attached hydrogen (secondary N) is 1. The van der Waals surface area contributed by atoms with Gasteiger partial charge in [-0.05, 0) is 36.1 Å². The number of carbonyl (C=O) groups excluding carboxylic acids is 1. The molecule has 1 amide bonds. The predicted octanol–water partition coefficient (Wildman–Crippen LogP) is 5.06. The fourth-order valence-corrected chi connectivity index (χ4v) is 2.89. The molecule has 0 bridgehead atoms. The smallest absolute Gasteiger partial charge is 0.408 e. The number of amides is 1. The molecule has 2 N–H and O–H groups in total. The molecule has 30 heavy (non-hydrogen) atoms. The monoisotopic (exact) mass is 412 g/mol. The number of aliphatic hydroxyl groups excluding tert-OH is 1. The second-order valence-corrected chi connectivity index (χ2v) is 6.95. The summed E-state index contributed by atoms with van der Waals surface area (Å²) in [6.45, 7) is 2.24. The molecule has 0 saturated carbocycles. The van der Waals surface area contributed by atoms with Gasteiger partial charge in [-0.25, -0.2) is 4.79 Å². The Morgan fingerprint density at radius 1 is 1.17 bits per heavy atom. The Hall–Kier alpha value is -3.19. The largest absolute Gasteiger partial charge is 0.445 e. The van der Waals surface area contributed by atoms with Crippen LogP contribution in [0.25, 0.3) is 0 Å². The van der Waals surface area contributed by atoms with Crippen molar-refractivity contribution < 1.29 is 19.6 Å². The third kappa shape index (κ3) is 7.67. The number of rotatable bonds is 11. The van der Waals surface area contributed by atoms with E-state index in [4.69, 9.17) is 4.74 Å². The molecule has 2 atom stereocenters. The Balaban J connectivity index is 2.04. The highest BCUT2D eigenvalue weighted by molar-refractivity contribution is 5.68. The Morgan fingerprint density at radius 3 is 2.50 bits per heavy atom. The highest BCUT2D eigenvalue weighted by atomic mass is 16.6. The van der Waals surface area contributed by atoms with Crippen molar-refractivity contribution >= 4 is 11.8 Å². The minimum Gasteiger partial charge on any atom is -0.445 e. The van der Waals surface area contributed by atoms with Crippen LogP contribution < -0.4 is 5.32 Å². The standard InChI is InChI=1S/C23H28N2O5/c1-2-3-4-5-9-12-21(22(26)19-13-15-20(16-14-19)25(28)29)24-23(27)30-17-18-10-7-6-8-11-18/h6-16,21-22,26H,2-5,17H2,1H3,(H,24,27)/b12-9-/t21-,22+/m1/s1. The zero-order chi connectivity index (χ0) is 21.8. The van der Waals surface area contributed by atoms with Crippen molar-refractivity contribution in [2.24, 2.45) is 0 Å². The maximum atomic E-state index is 12.3. The number of nitro benzene ring substituents is 1. The minimum absolute atomic E-state index is 0.0622. The number of aliphatic hydroxyl groups is 1. The van der Waals surface area contributed by atoms with Gasteiger partial charge in [-0.1, -0.05) is 62.2 Å². The first-order valence-corrected chi connectivity index (χ1v) is 10.1. The molecule has 160 valence electrons. The van der Waals surface area contributed by atoms with Crippen molar-refractivity contribution in [1.82, 2.24) is 5.32 Å². The van der Waals surface area contributed by atoms with E-state index in [2.05, 4.69) is 12.2 Å². The van der Waals surface area contributed by atoms with Gasteiger partial charge in [0.25, 0.3) is 5.69 Å². The molecular formula is C23H28N2O5. The van der Waals surface area contributed by atoms with Gasteiger partial charge < -0.3 is 15.2 Å². The number of benzene rings is 2. The molecule has 0 spiro atoms. The van der Waals surface area contributed by atoms with Crippen molar-refractivity contribution in [1.29, 1.82) is 0 Å². The van der Waals surface area contributed by atoms with Gasteiger partial charge in [0, 0.05) is 12.1 Å². The lowest BCUT2D eigenvalue weighted by Crippen LogP contribution is -2.38. The van der Waals surface area contributed by atoms with E-state index in [0.717, 1.165) is 31.2 Å². The molecule has 7 nitrogen and oxygen atoms in total. The molecule has 0 radical (unpaired) electrons. The van der Waals surface area contributed by atoms with E-state index in [0.29, 0.717) is 5.56 Å². The van der Waals surface area contributed by atoms with Crippen molar-refractivity contribution in [3.8, 4) is 0 Å². The Kier molecular flexibility index (Phi) is 9.54. The van der Waals surface area contributed by atoms with E-state index in [-0.39, 0.29) is 12.3 Å². The minimum atomic E-state index is -1.07. The quantitative estimate of drug-likeness (QED) is 0.232. The van der Waals surface area contributed by atoms with Crippen LogP contribution in [-0.2, 0) is 11.3 Å². The number of nitro groups is 1. The Labute approximate surface area is 176 Å². The predicted molar refractivity (Wildman–Crippen MR) is 115 cm³/mol. The Bertz CT molecular complexity index is 821. The van der Waals surface area contributed by atoms with Crippen LogP contribution in [0.1, 0.15) is 49.8 Å². The SMILES string of the molecule is CCCCC/C=C\[C@@H](NC(=O)OCc1ccccc1)[C@@H](O)c1ccc([N+](=O)[O-])cc1. The lowest BCUT2D eigenvalue weighted by molar-refractivity contribution is -0.384. The van der Waals surface area contributed by atoms with Crippen LogP contribution in [0, 0.1) is 10.1 Å². The number of hydrogen-bond acceptors (Lipinski definition) is 5. The summed E-state index contributed by atoms with van der Waals surface area (Å²) in [5.74, 6) is 0. The van der Waals surface area contributed by atoms with Crippen LogP contribution in [0.3, 0.4) is 0 Å². The second-order valence-electron chi connectivity index (χ2n) is 6.95. The van der Waals surface area contributed by atoms with Crippen molar-refractivity contribution in [3.05, 3.63) is 88.0 Å². The maximum Gasteiger partial charge on any atom is 0.408 e. The summed E-state index contributed by atoms with van der Waals surface area (Å²) in [4.78, 5) is 22.6. The normalized spacial score (nSPS) is 13.0. The molecule has 2 aromatic carbocycles. The fraction of sp³-hybridized carbons (Fsp3) is 0.348. The number of allylic oxidation sites excluding steroid dienone is 1. The maximum absolute atomic E-state index is 12.3. The lowest BCUT2D eigenvalue weighted by atomic mass is 10.0. The van der Waals surface area contributed by atoms with Gasteiger partial charge in [0.1, 0.15) is 12.7 Å². The van der Waals surface area contributed by atoms with Gasteiger partial charge >= 0.3 is 6.09 Å². The van der Waals surface area contributed by atoms with E-state index >= 15 is 0 Å². The van der Waals surface area contributed by atoms with Gasteiger partial charge in [0.15, 0.2) is 0 Å². The molecule has 0 saturated heterocycles. The summed E-state index contributed by atoms with van der Waals surface area (Å²) in [7, 11) is 0. The molecule has 0 aliphatic rings. The summed E-state index contributed by atoms with van der Waals surface area (Å²) >= 11 is 0. The molecule has 0 aliphatic heterocycles. The highest BCUT2D eigenvalue weighted by Crippen LogP contribution is 2.21. The summed E-state index contributed by atoms with van der Waals surface area (Å²) < 4.78 is 5.26. The molecular weight excluding hydrogens is 384 g/mol. The van der Waals surface area contributed by atoms with Gasteiger partial charge in [0.05, 0.1) is 11.0 Å². The molecule has 0 aromatic heterocycles. The average molecular weight is 412 g/mol. The third-order valence-electron chi connectivity index (χ3n) is 4.60. The fourth-order valence-electron chi connectivity index (χ4n) is 2.89. The second kappa shape index (κ2) is 12.4. The number of alkyl carbamates (subject to hydrolysis) is 1. The molecule has 0 aliphatic carbocycles. The van der Waals surface area contributed by atoms with Gasteiger partial charge in [0.2, 0.25) is 0 Å². The summed E-state index contributed by atoms with van der Waals surface area (Å²) in [5.41, 5.74) is 1.26. The first-order valence-electron chi connectivity index (χ1n) is 10.1. The van der Waals surface area contributed by atoms with Crippen LogP contribution in [-0.4, -0.2) is 22.2 Å². The molecule has 0 heterocycles. The van der Waals surface area contributed by atoms with Gasteiger partial charge in [-0.2, -0.15) is 0 Å². The van der Waals surface area contributed by atoms with Crippen LogP contribution in [0.15, 0.2) is 66.7 Å². The molecule has 0 fully saturated rings. The van der Waals surface area contributed by atoms with Crippen LogP contribution in [0.4, 0.5) is 10.5 Å². The molecule has 7 heteroatoms. The zero-order valence-electron chi connectivity index (χ0n) is 17.1. The summed E-state index contributed by atoms with van der Waals surface area (Å²) in [6.07, 6.45) is 6.00. The van der Waals surface area contributed by atoms with E-state index in [1.165, 1.54) is 24.3 Å². The van der Waals surface area contributed by atoms with E-state index in [1.54, 1.807) is 6.08 Å². The number of non-ortho nitro benzene ring substituents is 1. The lowest BCUT2D eigenvalue weighted by Gasteiger charge is -2.21. The molecule has 0 unspecified atom stereocenters. The number of carbonyl (C=O) groups is 1. The molecule has 2 rings (SSSR count). The topological polar surface area (TPSA) is 102 Å². The van der Waals surface area contributed by atoms with Crippen LogP contribution in [0.2, 0.25) is 0 Å². The van der Waals surface area contributed by atoms with Gasteiger partial charge in [-0.3, -0.25) is 10.1 Å². The number of nitrogens with zero attached hydrogens (tertiary/aromatic N) is 1. The number of ether oxygens (including phenoxy) is 1. The first-order chi connectivity index (χ1) is 14.5. The number of unbranched alkanes of at least 4 members (excludes halogenated alkanes) is 3. The van der Waals surface area contributed by atoms with Crippen LogP contribution in [0.5, 0.6) is 0 Å². The van der Waals surface area contributed by atoms with Gasteiger partial charge in [-0.15, -0.1) is 0 Å². The van der Waals surface area contributed by atoms with Crippen LogP contribution >= 0.6 is 0 Å². The summed E-state index contributed by atoms with van der Waals surface area (Å²) in [5, 5.41) is 24.3.